The minimum absolute atomic E-state index is 0.298. The number of benzene rings is 2. The van der Waals surface area contributed by atoms with Crippen molar-refractivity contribution < 1.29 is 9.53 Å². The number of pyridine rings is 1. The number of carbonyl (C=O) groups excluding carboxylic acids is 1. The van der Waals surface area contributed by atoms with Crippen molar-refractivity contribution in [3.63, 3.8) is 0 Å². The van der Waals surface area contributed by atoms with Gasteiger partial charge in [-0.2, -0.15) is 0 Å². The Balaban J connectivity index is 1.71. The number of nitrogens with zero attached hydrogens (tertiary/aromatic N) is 1. The molecule has 2 aromatic carbocycles. The van der Waals surface area contributed by atoms with Crippen molar-refractivity contribution in [3.05, 3.63) is 77.1 Å². The van der Waals surface area contributed by atoms with Crippen LogP contribution >= 0.6 is 11.6 Å². The number of anilines is 3. The molecular weight excluding hydrogens is 362 g/mol. The smallest absolute Gasteiger partial charge is 0.274 e. The number of aromatic nitrogens is 1. The van der Waals surface area contributed by atoms with Crippen LogP contribution in [0.2, 0.25) is 5.02 Å². The van der Waals surface area contributed by atoms with Gasteiger partial charge in [-0.3, -0.25) is 4.79 Å². The van der Waals surface area contributed by atoms with Crippen molar-refractivity contribution in [1.29, 1.82) is 0 Å². The summed E-state index contributed by atoms with van der Waals surface area (Å²) in [5, 5.41) is 6.74. The van der Waals surface area contributed by atoms with Gasteiger partial charge in [0.15, 0.2) is 0 Å². The van der Waals surface area contributed by atoms with Crippen molar-refractivity contribution >= 4 is 34.6 Å². The molecule has 0 bridgehead atoms. The molecule has 3 aromatic rings. The van der Waals surface area contributed by atoms with Gasteiger partial charge in [-0.25, -0.2) is 4.98 Å². The predicted octanol–water partition coefficient (Wildman–Crippen LogP) is 5.44. The molecule has 2 N–H and O–H groups in total. The van der Waals surface area contributed by atoms with E-state index in [2.05, 4.69) is 15.6 Å². The van der Waals surface area contributed by atoms with Crippen LogP contribution in [0.1, 0.15) is 23.0 Å². The molecule has 0 radical (unpaired) electrons. The monoisotopic (exact) mass is 381 g/mol. The molecule has 5 nitrogen and oxygen atoms in total. The number of para-hydroxylation sites is 2. The zero-order valence-electron chi connectivity index (χ0n) is 15.1. The lowest BCUT2D eigenvalue weighted by Crippen LogP contribution is -2.14. The maximum Gasteiger partial charge on any atom is 0.274 e. The summed E-state index contributed by atoms with van der Waals surface area (Å²) in [6.07, 6.45) is 1.61. The number of hydrogen-bond donors (Lipinski definition) is 2. The molecule has 0 unspecified atom stereocenters. The summed E-state index contributed by atoms with van der Waals surface area (Å²) in [5.74, 6) is 0.329. The Hall–Kier alpha value is -3.05. The lowest BCUT2D eigenvalue weighted by molar-refractivity contribution is 0.102. The van der Waals surface area contributed by atoms with E-state index in [4.69, 9.17) is 16.3 Å². The number of hydrogen-bond acceptors (Lipinski definition) is 4. The maximum absolute atomic E-state index is 12.5. The van der Waals surface area contributed by atoms with Gasteiger partial charge in [-0.1, -0.05) is 29.8 Å². The summed E-state index contributed by atoms with van der Waals surface area (Å²) in [4.78, 5) is 16.7. The Morgan fingerprint density at radius 2 is 1.93 bits per heavy atom. The summed E-state index contributed by atoms with van der Waals surface area (Å²) in [5.41, 5.74) is 3.66. The van der Waals surface area contributed by atoms with Crippen molar-refractivity contribution in [2.45, 2.75) is 13.8 Å². The number of amides is 1. The molecule has 0 aliphatic rings. The average Bonchev–Trinajstić information content (AvgIpc) is 2.67. The summed E-state index contributed by atoms with van der Waals surface area (Å²) in [6, 6.07) is 16.4. The Morgan fingerprint density at radius 1 is 1.11 bits per heavy atom. The van der Waals surface area contributed by atoms with Crippen molar-refractivity contribution in [1.82, 2.24) is 4.98 Å². The molecule has 1 amide bonds. The van der Waals surface area contributed by atoms with Crippen molar-refractivity contribution in [2.75, 3.05) is 17.2 Å². The van der Waals surface area contributed by atoms with Crippen LogP contribution < -0.4 is 15.4 Å². The normalized spacial score (nSPS) is 10.3. The second-order valence-corrected chi connectivity index (χ2v) is 6.34. The molecule has 6 heteroatoms. The molecule has 1 heterocycles. The first-order valence-corrected chi connectivity index (χ1v) is 8.97. The number of carbonyl (C=O) groups is 1. The topological polar surface area (TPSA) is 63.2 Å². The second kappa shape index (κ2) is 8.56. The molecule has 0 aliphatic carbocycles. The van der Waals surface area contributed by atoms with E-state index in [0.717, 1.165) is 16.9 Å². The fourth-order valence-corrected chi connectivity index (χ4v) is 2.70. The highest BCUT2D eigenvalue weighted by atomic mass is 35.5. The first-order chi connectivity index (χ1) is 13.1. The van der Waals surface area contributed by atoms with E-state index in [1.807, 2.05) is 50.2 Å². The van der Waals surface area contributed by atoms with Gasteiger partial charge < -0.3 is 15.4 Å². The van der Waals surface area contributed by atoms with Gasteiger partial charge in [-0.15, -0.1) is 0 Å². The summed E-state index contributed by atoms with van der Waals surface area (Å²) >= 11 is 6.04. The highest BCUT2D eigenvalue weighted by Crippen LogP contribution is 2.25. The molecule has 0 atom stereocenters. The van der Waals surface area contributed by atoms with E-state index in [1.54, 1.807) is 24.4 Å². The second-order valence-electron chi connectivity index (χ2n) is 5.90. The van der Waals surface area contributed by atoms with Crippen LogP contribution in [0, 0.1) is 6.92 Å². The van der Waals surface area contributed by atoms with Gasteiger partial charge in [0.25, 0.3) is 5.91 Å². The van der Waals surface area contributed by atoms with Crippen molar-refractivity contribution in [2.24, 2.45) is 0 Å². The number of rotatable bonds is 6. The molecule has 0 saturated carbocycles. The third-order valence-electron chi connectivity index (χ3n) is 3.91. The highest BCUT2D eigenvalue weighted by Gasteiger charge is 2.11. The van der Waals surface area contributed by atoms with Crippen LogP contribution in [0.15, 0.2) is 60.8 Å². The Labute approximate surface area is 163 Å². The molecule has 0 saturated heterocycles. The van der Waals surface area contributed by atoms with E-state index in [9.17, 15) is 4.79 Å². The van der Waals surface area contributed by atoms with Gasteiger partial charge in [0.2, 0.25) is 0 Å². The molecular formula is C21H20ClN3O2. The molecule has 138 valence electrons. The van der Waals surface area contributed by atoms with E-state index >= 15 is 0 Å². The van der Waals surface area contributed by atoms with Gasteiger partial charge in [0.05, 0.1) is 24.2 Å². The molecule has 3 rings (SSSR count). The quantitative estimate of drug-likeness (QED) is 0.597. The fraction of sp³-hybridized carbons (Fsp3) is 0.143. The third kappa shape index (κ3) is 4.77. The summed E-state index contributed by atoms with van der Waals surface area (Å²) < 4.78 is 5.52. The molecule has 0 fully saturated rings. The van der Waals surface area contributed by atoms with Crippen LogP contribution in [0.3, 0.4) is 0 Å². The first-order valence-electron chi connectivity index (χ1n) is 8.59. The number of nitrogens with one attached hydrogen (secondary N) is 2. The van der Waals surface area contributed by atoms with Crippen LogP contribution in [-0.4, -0.2) is 17.5 Å². The summed E-state index contributed by atoms with van der Waals surface area (Å²) in [7, 11) is 0. The van der Waals surface area contributed by atoms with E-state index in [1.165, 1.54) is 0 Å². The number of ether oxygens (including phenoxy) is 1. The minimum atomic E-state index is -0.298. The van der Waals surface area contributed by atoms with E-state index < -0.39 is 0 Å². The Kier molecular flexibility index (Phi) is 5.94. The van der Waals surface area contributed by atoms with Crippen LogP contribution in [0.4, 0.5) is 17.1 Å². The average molecular weight is 382 g/mol. The third-order valence-corrected chi connectivity index (χ3v) is 4.14. The zero-order chi connectivity index (χ0) is 19.2. The van der Waals surface area contributed by atoms with Crippen LogP contribution in [0.25, 0.3) is 0 Å². The molecule has 0 spiro atoms. The Bertz CT molecular complexity index is 942. The number of aryl methyl sites for hydroxylation is 1. The van der Waals surface area contributed by atoms with E-state index in [-0.39, 0.29) is 5.91 Å². The molecule has 0 aliphatic heterocycles. The van der Waals surface area contributed by atoms with E-state index in [0.29, 0.717) is 28.8 Å². The summed E-state index contributed by atoms with van der Waals surface area (Å²) in [6.45, 7) is 4.41. The van der Waals surface area contributed by atoms with Crippen LogP contribution in [-0.2, 0) is 0 Å². The van der Waals surface area contributed by atoms with Gasteiger partial charge >= 0.3 is 0 Å². The standard InChI is InChI=1S/C21H20ClN3O2/c1-3-27-20-7-5-4-6-17(20)25-21(26)18-11-10-16(13-23-18)24-19-12-15(22)9-8-14(19)2/h4-13,24H,3H2,1-2H3,(H,25,26). The molecule has 1 aromatic heterocycles. The Morgan fingerprint density at radius 3 is 2.67 bits per heavy atom. The molecule has 27 heavy (non-hydrogen) atoms. The maximum atomic E-state index is 12.5. The highest BCUT2D eigenvalue weighted by molar-refractivity contribution is 6.30. The zero-order valence-corrected chi connectivity index (χ0v) is 15.9. The van der Waals surface area contributed by atoms with Gasteiger partial charge in [0, 0.05) is 10.7 Å². The number of halogens is 1. The van der Waals surface area contributed by atoms with Gasteiger partial charge in [-0.05, 0) is 55.8 Å². The van der Waals surface area contributed by atoms with Gasteiger partial charge in [0.1, 0.15) is 11.4 Å². The lowest BCUT2D eigenvalue weighted by atomic mass is 10.2. The van der Waals surface area contributed by atoms with Crippen LogP contribution in [0.5, 0.6) is 5.75 Å². The fourth-order valence-electron chi connectivity index (χ4n) is 2.52. The minimum Gasteiger partial charge on any atom is -0.492 e. The largest absolute Gasteiger partial charge is 0.492 e. The SMILES string of the molecule is CCOc1ccccc1NC(=O)c1ccc(Nc2cc(Cl)ccc2C)cn1. The predicted molar refractivity (Wildman–Crippen MR) is 109 cm³/mol. The first kappa shape index (κ1) is 18.7. The van der Waals surface area contributed by atoms with Crippen molar-refractivity contribution in [3.8, 4) is 5.75 Å². The lowest BCUT2D eigenvalue weighted by Gasteiger charge is -2.12.